The molecule has 4 heteroatoms. The number of rotatable bonds is 6. The number of ketones is 1. The maximum Gasteiger partial charge on any atom is 0.163 e. The van der Waals surface area contributed by atoms with Crippen LogP contribution in [0, 0.1) is 0 Å². The van der Waals surface area contributed by atoms with Crippen LogP contribution in [0.15, 0.2) is 36.5 Å². The Bertz CT molecular complexity index is 549. The van der Waals surface area contributed by atoms with Crippen LogP contribution in [0.3, 0.4) is 0 Å². The quantitative estimate of drug-likeness (QED) is 0.753. The van der Waals surface area contributed by atoms with Crippen molar-refractivity contribution < 1.29 is 4.79 Å². The minimum absolute atomic E-state index is 0.140. The summed E-state index contributed by atoms with van der Waals surface area (Å²) in [6.45, 7) is 2.93. The first kappa shape index (κ1) is 13.8. The lowest BCUT2D eigenvalue weighted by atomic mass is 10.1. The molecule has 0 radical (unpaired) electrons. The van der Waals surface area contributed by atoms with E-state index in [2.05, 4.69) is 12.0 Å². The molecule has 2 aromatic rings. The summed E-state index contributed by atoms with van der Waals surface area (Å²) >= 11 is 6.12. The fourth-order valence-electron chi connectivity index (χ4n) is 2.04. The van der Waals surface area contributed by atoms with E-state index in [-0.39, 0.29) is 5.78 Å². The smallest absolute Gasteiger partial charge is 0.163 e. The molecule has 2 rings (SSSR count). The first-order valence-corrected chi connectivity index (χ1v) is 6.88. The summed E-state index contributed by atoms with van der Waals surface area (Å²) in [5.74, 6) is 0.140. The lowest BCUT2D eigenvalue weighted by Gasteiger charge is -2.06. The topological polar surface area (TPSA) is 34.9 Å². The van der Waals surface area contributed by atoms with Crippen molar-refractivity contribution >= 4 is 17.4 Å². The molecule has 1 heterocycles. The van der Waals surface area contributed by atoms with Gasteiger partial charge in [-0.3, -0.25) is 9.48 Å². The molecular weight excluding hydrogens is 260 g/mol. The van der Waals surface area contributed by atoms with Crippen LogP contribution in [0.5, 0.6) is 0 Å². The Hall–Kier alpha value is -1.61. The molecule has 0 bridgehead atoms. The number of Topliss-reactive ketones (excluding diaryl/α,β-unsaturated/α-hetero) is 1. The van der Waals surface area contributed by atoms with Gasteiger partial charge in [-0.1, -0.05) is 48.9 Å². The van der Waals surface area contributed by atoms with E-state index in [1.165, 1.54) is 0 Å². The highest BCUT2D eigenvalue weighted by atomic mass is 35.5. The summed E-state index contributed by atoms with van der Waals surface area (Å²) in [6.07, 6.45) is 3.74. The average Bonchev–Trinajstić information content (AvgIpc) is 2.78. The molecule has 0 spiro atoms. The molecule has 0 saturated heterocycles. The second-order valence-electron chi connectivity index (χ2n) is 4.45. The molecule has 0 aliphatic carbocycles. The predicted octanol–water partition coefficient (Wildman–Crippen LogP) is 3.76. The predicted molar refractivity (Wildman–Crippen MR) is 76.6 cm³/mol. The van der Waals surface area contributed by atoms with Gasteiger partial charge in [-0.2, -0.15) is 5.10 Å². The van der Waals surface area contributed by atoms with Gasteiger partial charge in [0, 0.05) is 18.5 Å². The highest BCUT2D eigenvalue weighted by molar-refractivity contribution is 6.31. The van der Waals surface area contributed by atoms with E-state index < -0.39 is 0 Å². The fraction of sp³-hybridized carbons (Fsp3) is 0.333. The van der Waals surface area contributed by atoms with Crippen LogP contribution in [0.25, 0.3) is 0 Å². The summed E-state index contributed by atoms with van der Waals surface area (Å²) in [7, 11) is 0. The van der Waals surface area contributed by atoms with E-state index in [1.807, 2.05) is 35.0 Å². The van der Waals surface area contributed by atoms with Gasteiger partial charge in [-0.05, 0) is 12.8 Å². The Balaban J connectivity index is 2.03. The zero-order chi connectivity index (χ0) is 13.7. The zero-order valence-electron chi connectivity index (χ0n) is 11.0. The highest BCUT2D eigenvalue weighted by Crippen LogP contribution is 2.18. The van der Waals surface area contributed by atoms with Crippen LogP contribution < -0.4 is 0 Å². The molecule has 0 atom stereocenters. The molecule has 1 aromatic heterocycles. The molecule has 0 aliphatic rings. The first-order chi connectivity index (χ1) is 9.22. The van der Waals surface area contributed by atoms with Gasteiger partial charge in [-0.15, -0.1) is 0 Å². The Morgan fingerprint density at radius 3 is 2.74 bits per heavy atom. The lowest BCUT2D eigenvalue weighted by Crippen LogP contribution is -2.08. The number of aryl methyl sites for hydroxylation is 1. The largest absolute Gasteiger partial charge is 0.294 e. The normalized spacial score (nSPS) is 10.6. The standard InChI is InChI=1S/C15H17ClN2O/c1-2-10-18-14(13(16)11-17-18)8-9-15(19)12-6-4-3-5-7-12/h3-7,11H,2,8-10H2,1H3. The second kappa shape index (κ2) is 6.53. The monoisotopic (exact) mass is 276 g/mol. The molecule has 19 heavy (non-hydrogen) atoms. The number of halogens is 1. The van der Waals surface area contributed by atoms with Gasteiger partial charge in [0.15, 0.2) is 5.78 Å². The molecule has 0 aliphatic heterocycles. The third-order valence-electron chi connectivity index (χ3n) is 3.02. The SMILES string of the molecule is CCCn1ncc(Cl)c1CCC(=O)c1ccccc1. The van der Waals surface area contributed by atoms with Crippen molar-refractivity contribution in [1.82, 2.24) is 9.78 Å². The molecule has 0 fully saturated rings. The number of carbonyl (C=O) groups excluding carboxylic acids is 1. The van der Waals surface area contributed by atoms with Gasteiger partial charge in [0.2, 0.25) is 0 Å². The summed E-state index contributed by atoms with van der Waals surface area (Å²) in [4.78, 5) is 12.0. The molecule has 0 amide bonds. The summed E-state index contributed by atoms with van der Waals surface area (Å²) in [5.41, 5.74) is 1.70. The summed E-state index contributed by atoms with van der Waals surface area (Å²) in [5, 5.41) is 4.88. The van der Waals surface area contributed by atoms with Crippen molar-refractivity contribution in [1.29, 1.82) is 0 Å². The van der Waals surface area contributed by atoms with E-state index in [1.54, 1.807) is 6.20 Å². The number of nitrogens with zero attached hydrogens (tertiary/aromatic N) is 2. The van der Waals surface area contributed by atoms with Crippen LogP contribution in [-0.4, -0.2) is 15.6 Å². The third-order valence-corrected chi connectivity index (χ3v) is 3.33. The van der Waals surface area contributed by atoms with Crippen molar-refractivity contribution in [3.63, 3.8) is 0 Å². The maximum absolute atomic E-state index is 12.0. The first-order valence-electron chi connectivity index (χ1n) is 6.50. The van der Waals surface area contributed by atoms with Crippen molar-refractivity contribution in [2.24, 2.45) is 0 Å². The van der Waals surface area contributed by atoms with E-state index >= 15 is 0 Å². The zero-order valence-corrected chi connectivity index (χ0v) is 11.7. The molecular formula is C15H17ClN2O. The number of benzene rings is 1. The number of hydrogen-bond acceptors (Lipinski definition) is 2. The van der Waals surface area contributed by atoms with E-state index in [4.69, 9.17) is 11.6 Å². The van der Waals surface area contributed by atoms with Crippen LogP contribution in [0.1, 0.15) is 35.8 Å². The Morgan fingerprint density at radius 2 is 2.05 bits per heavy atom. The summed E-state index contributed by atoms with van der Waals surface area (Å²) < 4.78 is 1.89. The van der Waals surface area contributed by atoms with Crippen molar-refractivity contribution in [3.05, 3.63) is 52.8 Å². The molecule has 100 valence electrons. The summed E-state index contributed by atoms with van der Waals surface area (Å²) in [6, 6.07) is 9.34. The Morgan fingerprint density at radius 1 is 1.32 bits per heavy atom. The Labute approximate surface area is 118 Å². The molecule has 0 unspecified atom stereocenters. The minimum Gasteiger partial charge on any atom is -0.294 e. The van der Waals surface area contributed by atoms with E-state index in [0.717, 1.165) is 24.2 Å². The van der Waals surface area contributed by atoms with E-state index in [0.29, 0.717) is 17.9 Å². The molecule has 0 N–H and O–H groups in total. The number of carbonyl (C=O) groups is 1. The Kier molecular flexibility index (Phi) is 4.74. The van der Waals surface area contributed by atoms with Gasteiger partial charge in [0.1, 0.15) is 0 Å². The van der Waals surface area contributed by atoms with Crippen LogP contribution in [0.2, 0.25) is 5.02 Å². The molecule has 0 saturated carbocycles. The van der Waals surface area contributed by atoms with Gasteiger partial charge >= 0.3 is 0 Å². The average molecular weight is 277 g/mol. The van der Waals surface area contributed by atoms with Crippen LogP contribution in [0.4, 0.5) is 0 Å². The maximum atomic E-state index is 12.0. The number of hydrogen-bond donors (Lipinski definition) is 0. The van der Waals surface area contributed by atoms with E-state index in [9.17, 15) is 4.79 Å². The fourth-order valence-corrected chi connectivity index (χ4v) is 2.28. The minimum atomic E-state index is 0.140. The number of aromatic nitrogens is 2. The highest BCUT2D eigenvalue weighted by Gasteiger charge is 2.12. The van der Waals surface area contributed by atoms with Crippen LogP contribution in [-0.2, 0) is 13.0 Å². The van der Waals surface area contributed by atoms with Gasteiger partial charge in [0.05, 0.1) is 16.9 Å². The lowest BCUT2D eigenvalue weighted by molar-refractivity contribution is 0.0982. The van der Waals surface area contributed by atoms with Gasteiger partial charge in [0.25, 0.3) is 0 Å². The molecule has 1 aromatic carbocycles. The van der Waals surface area contributed by atoms with Gasteiger partial charge < -0.3 is 0 Å². The second-order valence-corrected chi connectivity index (χ2v) is 4.86. The van der Waals surface area contributed by atoms with Crippen LogP contribution >= 0.6 is 11.6 Å². The van der Waals surface area contributed by atoms with Crippen molar-refractivity contribution in [2.45, 2.75) is 32.7 Å². The molecule has 3 nitrogen and oxygen atoms in total. The van der Waals surface area contributed by atoms with Crippen molar-refractivity contribution in [2.75, 3.05) is 0 Å². The third kappa shape index (κ3) is 3.44. The van der Waals surface area contributed by atoms with Crippen molar-refractivity contribution in [3.8, 4) is 0 Å². The van der Waals surface area contributed by atoms with Gasteiger partial charge in [-0.25, -0.2) is 0 Å².